The molecule has 0 saturated heterocycles. The number of hydrogen-bond donors (Lipinski definition) is 2. The van der Waals surface area contributed by atoms with Crippen LogP contribution in [-0.4, -0.2) is 39.9 Å². The van der Waals surface area contributed by atoms with Gasteiger partial charge in [-0.1, -0.05) is 6.92 Å². The van der Waals surface area contributed by atoms with Crippen molar-refractivity contribution >= 4 is 0 Å². The standard InChI is InChI=1S/C16H21N3O2/c1-3-19-8-7-13-12(10-19)16(18-17-13)11-5-6-14(20)15(9-11)21-4-2/h5-6,9,20H,3-4,7-8,10H2,1-2H3,(H,17,18). The summed E-state index contributed by atoms with van der Waals surface area (Å²) >= 11 is 0. The average Bonchev–Trinajstić information content (AvgIpc) is 2.92. The molecule has 1 aromatic carbocycles. The minimum atomic E-state index is 0.167. The van der Waals surface area contributed by atoms with Gasteiger partial charge in [-0.25, -0.2) is 0 Å². The summed E-state index contributed by atoms with van der Waals surface area (Å²) in [6.45, 7) is 7.65. The number of benzene rings is 1. The highest BCUT2D eigenvalue weighted by Crippen LogP contribution is 2.34. The molecule has 0 saturated carbocycles. The van der Waals surface area contributed by atoms with E-state index in [1.165, 1.54) is 11.3 Å². The first kappa shape index (κ1) is 13.9. The van der Waals surface area contributed by atoms with Crippen molar-refractivity contribution in [3.05, 3.63) is 29.5 Å². The highest BCUT2D eigenvalue weighted by Gasteiger charge is 2.22. The van der Waals surface area contributed by atoms with Gasteiger partial charge < -0.3 is 9.84 Å². The van der Waals surface area contributed by atoms with Gasteiger partial charge in [0.15, 0.2) is 11.5 Å². The molecule has 1 aliphatic rings. The van der Waals surface area contributed by atoms with Gasteiger partial charge in [-0.2, -0.15) is 5.10 Å². The van der Waals surface area contributed by atoms with Gasteiger partial charge in [0.25, 0.3) is 0 Å². The first-order valence-electron chi connectivity index (χ1n) is 7.47. The van der Waals surface area contributed by atoms with Crippen molar-refractivity contribution in [1.29, 1.82) is 0 Å². The normalized spacial score (nSPS) is 15.0. The monoisotopic (exact) mass is 287 g/mol. The van der Waals surface area contributed by atoms with E-state index in [1.807, 2.05) is 19.1 Å². The number of hydrogen-bond acceptors (Lipinski definition) is 4. The minimum absolute atomic E-state index is 0.167. The second kappa shape index (κ2) is 5.77. The predicted molar refractivity (Wildman–Crippen MR) is 81.5 cm³/mol. The molecule has 5 nitrogen and oxygen atoms in total. The third kappa shape index (κ3) is 2.61. The number of aromatic hydroxyl groups is 1. The van der Waals surface area contributed by atoms with E-state index in [4.69, 9.17) is 4.74 Å². The fourth-order valence-electron chi connectivity index (χ4n) is 2.79. The fraction of sp³-hybridized carbons (Fsp3) is 0.438. The van der Waals surface area contributed by atoms with Crippen molar-refractivity contribution in [2.75, 3.05) is 19.7 Å². The van der Waals surface area contributed by atoms with Crippen LogP contribution >= 0.6 is 0 Å². The van der Waals surface area contributed by atoms with Gasteiger partial charge in [-0.3, -0.25) is 10.00 Å². The van der Waals surface area contributed by atoms with Crippen molar-refractivity contribution in [1.82, 2.24) is 15.1 Å². The smallest absolute Gasteiger partial charge is 0.161 e. The van der Waals surface area contributed by atoms with Crippen LogP contribution in [0.15, 0.2) is 18.2 Å². The van der Waals surface area contributed by atoms with Crippen LogP contribution in [0, 0.1) is 0 Å². The predicted octanol–water partition coefficient (Wildman–Crippen LogP) is 2.56. The molecule has 3 rings (SSSR count). The number of rotatable bonds is 4. The highest BCUT2D eigenvalue weighted by atomic mass is 16.5. The molecular weight excluding hydrogens is 266 g/mol. The molecule has 0 bridgehead atoms. The van der Waals surface area contributed by atoms with E-state index in [1.54, 1.807) is 6.07 Å². The second-order valence-electron chi connectivity index (χ2n) is 5.26. The Hall–Kier alpha value is -2.01. The maximum absolute atomic E-state index is 9.82. The van der Waals surface area contributed by atoms with Crippen molar-refractivity contribution < 1.29 is 9.84 Å². The summed E-state index contributed by atoms with van der Waals surface area (Å²) in [5.74, 6) is 0.676. The highest BCUT2D eigenvalue weighted by molar-refractivity contribution is 5.67. The molecule has 0 amide bonds. The number of phenolic OH excluding ortho intramolecular Hbond substituents is 1. The third-order valence-electron chi connectivity index (χ3n) is 3.99. The van der Waals surface area contributed by atoms with E-state index in [-0.39, 0.29) is 5.75 Å². The van der Waals surface area contributed by atoms with Gasteiger partial charge in [0.2, 0.25) is 0 Å². The van der Waals surface area contributed by atoms with Crippen LogP contribution in [-0.2, 0) is 13.0 Å². The third-order valence-corrected chi connectivity index (χ3v) is 3.99. The Kier molecular flexibility index (Phi) is 3.84. The van der Waals surface area contributed by atoms with Crippen molar-refractivity contribution in [3.63, 3.8) is 0 Å². The molecule has 0 unspecified atom stereocenters. The maximum Gasteiger partial charge on any atom is 0.161 e. The van der Waals surface area contributed by atoms with Crippen LogP contribution < -0.4 is 4.74 Å². The summed E-state index contributed by atoms with van der Waals surface area (Å²) in [4.78, 5) is 2.41. The van der Waals surface area contributed by atoms with Crippen LogP contribution in [0.3, 0.4) is 0 Å². The Morgan fingerprint density at radius 1 is 1.38 bits per heavy atom. The number of fused-ring (bicyclic) bond motifs is 1. The Balaban J connectivity index is 1.98. The van der Waals surface area contributed by atoms with Gasteiger partial charge >= 0.3 is 0 Å². The van der Waals surface area contributed by atoms with Crippen molar-refractivity contribution in [3.8, 4) is 22.8 Å². The van der Waals surface area contributed by atoms with Gasteiger partial charge in [-0.15, -0.1) is 0 Å². The molecule has 1 aromatic heterocycles. The van der Waals surface area contributed by atoms with Gasteiger partial charge in [0.05, 0.1) is 12.3 Å². The number of ether oxygens (including phenoxy) is 1. The van der Waals surface area contributed by atoms with Crippen LogP contribution in [0.1, 0.15) is 25.1 Å². The summed E-state index contributed by atoms with van der Waals surface area (Å²) < 4.78 is 5.46. The number of nitrogens with zero attached hydrogens (tertiary/aromatic N) is 2. The number of nitrogens with one attached hydrogen (secondary N) is 1. The molecule has 2 aromatic rings. The molecule has 0 atom stereocenters. The molecular formula is C16H21N3O2. The van der Waals surface area contributed by atoms with E-state index in [9.17, 15) is 5.11 Å². The lowest BCUT2D eigenvalue weighted by atomic mass is 10.0. The second-order valence-corrected chi connectivity index (χ2v) is 5.26. The summed E-state index contributed by atoms with van der Waals surface area (Å²) in [5.41, 5.74) is 4.42. The van der Waals surface area contributed by atoms with E-state index >= 15 is 0 Å². The molecule has 0 fully saturated rings. The van der Waals surface area contributed by atoms with Crippen molar-refractivity contribution in [2.24, 2.45) is 0 Å². The number of phenols is 1. The maximum atomic E-state index is 9.82. The Labute approximate surface area is 124 Å². The summed E-state index contributed by atoms with van der Waals surface area (Å²) in [6, 6.07) is 5.42. The van der Waals surface area contributed by atoms with E-state index < -0.39 is 0 Å². The number of likely N-dealkylation sites (N-methyl/N-ethyl adjacent to an activating group) is 1. The quantitative estimate of drug-likeness (QED) is 0.907. The first-order chi connectivity index (χ1) is 10.2. The summed E-state index contributed by atoms with van der Waals surface area (Å²) in [6.07, 6.45) is 1.01. The Morgan fingerprint density at radius 2 is 2.24 bits per heavy atom. The number of aromatic amines is 1. The molecule has 5 heteroatoms. The van der Waals surface area contributed by atoms with Crippen LogP contribution in [0.4, 0.5) is 0 Å². The van der Waals surface area contributed by atoms with Crippen LogP contribution in [0.25, 0.3) is 11.3 Å². The van der Waals surface area contributed by atoms with Gasteiger partial charge in [0, 0.05) is 36.3 Å². The molecule has 2 heterocycles. The van der Waals surface area contributed by atoms with Crippen LogP contribution in [0.2, 0.25) is 0 Å². The Bertz CT molecular complexity index is 636. The first-order valence-corrected chi connectivity index (χ1v) is 7.47. The SMILES string of the molecule is CCOc1cc(-c2n[nH]c3c2CN(CC)CC3)ccc1O. The lowest BCUT2D eigenvalue weighted by molar-refractivity contribution is 0.267. The molecule has 0 spiro atoms. The zero-order chi connectivity index (χ0) is 14.8. The lowest BCUT2D eigenvalue weighted by Gasteiger charge is -2.25. The fourth-order valence-corrected chi connectivity index (χ4v) is 2.79. The Morgan fingerprint density at radius 3 is 3.00 bits per heavy atom. The zero-order valence-corrected chi connectivity index (χ0v) is 12.5. The number of H-pyrrole nitrogens is 1. The van der Waals surface area contributed by atoms with E-state index in [0.29, 0.717) is 12.4 Å². The number of aromatic nitrogens is 2. The van der Waals surface area contributed by atoms with Gasteiger partial charge in [-0.05, 0) is 31.7 Å². The molecule has 0 aliphatic carbocycles. The molecule has 2 N–H and O–H groups in total. The molecule has 0 radical (unpaired) electrons. The molecule has 21 heavy (non-hydrogen) atoms. The molecule has 112 valence electrons. The largest absolute Gasteiger partial charge is 0.504 e. The lowest BCUT2D eigenvalue weighted by Crippen LogP contribution is -2.30. The minimum Gasteiger partial charge on any atom is -0.504 e. The topological polar surface area (TPSA) is 61.4 Å². The summed E-state index contributed by atoms with van der Waals surface area (Å²) in [7, 11) is 0. The average molecular weight is 287 g/mol. The van der Waals surface area contributed by atoms with E-state index in [2.05, 4.69) is 22.0 Å². The van der Waals surface area contributed by atoms with Gasteiger partial charge in [0.1, 0.15) is 0 Å². The summed E-state index contributed by atoms with van der Waals surface area (Å²) in [5, 5.41) is 17.5. The van der Waals surface area contributed by atoms with Crippen molar-refractivity contribution in [2.45, 2.75) is 26.8 Å². The van der Waals surface area contributed by atoms with Crippen LogP contribution in [0.5, 0.6) is 11.5 Å². The van der Waals surface area contributed by atoms with E-state index in [0.717, 1.165) is 37.3 Å². The zero-order valence-electron chi connectivity index (χ0n) is 12.5. The molecule has 1 aliphatic heterocycles.